The van der Waals surface area contributed by atoms with Gasteiger partial charge in [0, 0.05) is 14.2 Å². The van der Waals surface area contributed by atoms with E-state index in [9.17, 15) is 4.57 Å². The van der Waals surface area contributed by atoms with Crippen LogP contribution in [-0.2, 0) is 13.6 Å². The third-order valence-corrected chi connectivity index (χ3v) is 3.27. The molecule has 0 fully saturated rings. The summed E-state index contributed by atoms with van der Waals surface area (Å²) in [6.07, 6.45) is 1.74. The molecular formula is C3H10NO3PS. The second-order valence-corrected chi connectivity index (χ2v) is 4.02. The van der Waals surface area contributed by atoms with Crippen molar-refractivity contribution in [3.05, 3.63) is 0 Å². The second kappa shape index (κ2) is 4.30. The number of nitrogens with one attached hydrogen (secondary N) is 1. The normalized spacial score (nSPS) is 11.9. The van der Waals surface area contributed by atoms with E-state index in [0.29, 0.717) is 0 Å². The molecule has 4 nitrogen and oxygen atoms in total. The summed E-state index contributed by atoms with van der Waals surface area (Å²) >= 11 is 1.19. The van der Waals surface area contributed by atoms with E-state index in [1.54, 1.807) is 6.26 Å². The molecule has 6 heteroatoms. The topological polar surface area (TPSA) is 47.6 Å². The van der Waals surface area contributed by atoms with Gasteiger partial charge in [0.1, 0.15) is 0 Å². The Morgan fingerprint density at radius 2 is 1.89 bits per heavy atom. The third-order valence-electron chi connectivity index (χ3n) is 0.684. The second-order valence-electron chi connectivity index (χ2n) is 1.16. The highest BCUT2D eigenvalue weighted by atomic mass is 32.2. The Hall–Kier alpha value is 0.460. The molecule has 1 N–H and O–H groups in total. The first-order valence-electron chi connectivity index (χ1n) is 2.20. The minimum atomic E-state index is -2.97. The van der Waals surface area contributed by atoms with Crippen LogP contribution >= 0.6 is 19.7 Å². The van der Waals surface area contributed by atoms with E-state index in [2.05, 4.69) is 13.5 Å². The molecule has 0 unspecified atom stereocenters. The molecule has 0 heterocycles. The molecule has 0 rings (SSSR count). The van der Waals surface area contributed by atoms with Gasteiger partial charge in [0.05, 0.1) is 0 Å². The van der Waals surface area contributed by atoms with Gasteiger partial charge < -0.3 is 0 Å². The lowest BCUT2D eigenvalue weighted by Gasteiger charge is -2.11. The summed E-state index contributed by atoms with van der Waals surface area (Å²) in [6.45, 7) is 0. The predicted octanol–water partition coefficient (Wildman–Crippen LogP) is 1.25. The maximum absolute atomic E-state index is 11.0. The Labute approximate surface area is 59.0 Å². The highest BCUT2D eigenvalue weighted by Gasteiger charge is 2.18. The third kappa shape index (κ3) is 3.23. The summed E-state index contributed by atoms with van der Waals surface area (Å²) in [4.78, 5) is 0. The highest BCUT2D eigenvalue weighted by Crippen LogP contribution is 2.42. The van der Waals surface area contributed by atoms with E-state index in [1.807, 2.05) is 0 Å². The fourth-order valence-electron chi connectivity index (χ4n) is 0.261. The first-order valence-corrected chi connectivity index (χ1v) is 4.97. The van der Waals surface area contributed by atoms with E-state index in [4.69, 9.17) is 0 Å². The van der Waals surface area contributed by atoms with Gasteiger partial charge in [0.25, 0.3) is 0 Å². The predicted molar refractivity (Wildman–Crippen MR) is 38.3 cm³/mol. The zero-order chi connectivity index (χ0) is 7.33. The molecular weight excluding hydrogens is 161 g/mol. The van der Waals surface area contributed by atoms with Crippen LogP contribution in [0.1, 0.15) is 0 Å². The molecule has 0 amide bonds. The molecule has 0 spiro atoms. The molecule has 0 bridgehead atoms. The lowest BCUT2D eigenvalue weighted by atomic mass is 11.8. The Balaban J connectivity index is 3.78. The number of rotatable bonds is 4. The largest absolute Gasteiger partial charge is 0.414 e. The van der Waals surface area contributed by atoms with Crippen molar-refractivity contribution in [3.8, 4) is 0 Å². The van der Waals surface area contributed by atoms with Crippen LogP contribution in [0, 0.1) is 0 Å². The number of hydrogen-bond donors (Lipinski definition) is 1. The van der Waals surface area contributed by atoms with Crippen molar-refractivity contribution in [2.45, 2.75) is 0 Å². The van der Waals surface area contributed by atoms with Crippen molar-refractivity contribution >= 4 is 19.7 Å². The molecule has 0 aliphatic heterocycles. The van der Waals surface area contributed by atoms with Crippen LogP contribution in [0.2, 0.25) is 0 Å². The van der Waals surface area contributed by atoms with Gasteiger partial charge in [-0.05, 0) is 6.26 Å². The van der Waals surface area contributed by atoms with Crippen molar-refractivity contribution in [3.63, 3.8) is 0 Å². The zero-order valence-electron chi connectivity index (χ0n) is 5.58. The summed E-state index contributed by atoms with van der Waals surface area (Å²) in [5.41, 5.74) is 0. The summed E-state index contributed by atoms with van der Waals surface area (Å²) < 4.78 is 22.5. The lowest BCUT2D eigenvalue weighted by molar-refractivity contribution is 0.273. The Morgan fingerprint density at radius 3 is 2.00 bits per heavy atom. The van der Waals surface area contributed by atoms with Gasteiger partial charge in [-0.2, -0.15) is 4.49 Å². The molecule has 9 heavy (non-hydrogen) atoms. The molecule has 56 valence electrons. The summed E-state index contributed by atoms with van der Waals surface area (Å²) in [5.74, 6) is 0. The van der Waals surface area contributed by atoms with Crippen LogP contribution in [0.4, 0.5) is 0 Å². The first kappa shape index (κ1) is 9.46. The van der Waals surface area contributed by atoms with Crippen molar-refractivity contribution in [2.24, 2.45) is 0 Å². The van der Waals surface area contributed by atoms with E-state index in [1.165, 1.54) is 26.2 Å². The van der Waals surface area contributed by atoms with Gasteiger partial charge in [-0.15, -0.1) is 0 Å². The first-order chi connectivity index (χ1) is 4.18. The molecule has 0 saturated carbocycles. The zero-order valence-corrected chi connectivity index (χ0v) is 7.29. The van der Waals surface area contributed by atoms with E-state index < -0.39 is 7.75 Å². The van der Waals surface area contributed by atoms with Crippen molar-refractivity contribution < 1.29 is 13.6 Å². The van der Waals surface area contributed by atoms with Gasteiger partial charge in [-0.1, -0.05) is 11.9 Å². The molecule has 0 aliphatic carbocycles. The molecule has 0 radical (unpaired) electrons. The quantitative estimate of drug-likeness (QED) is 0.509. The Bertz CT molecular complexity index is 112. The van der Waals surface area contributed by atoms with Gasteiger partial charge >= 0.3 is 7.75 Å². The van der Waals surface area contributed by atoms with Crippen LogP contribution in [0.15, 0.2) is 0 Å². The SMILES string of the molecule is COP(=O)(NSC)OC. The maximum atomic E-state index is 11.0. The van der Waals surface area contributed by atoms with Gasteiger partial charge in [-0.3, -0.25) is 9.05 Å². The van der Waals surface area contributed by atoms with Crippen molar-refractivity contribution in [1.29, 1.82) is 0 Å². The molecule has 0 aliphatic rings. The van der Waals surface area contributed by atoms with Crippen LogP contribution in [0.5, 0.6) is 0 Å². The van der Waals surface area contributed by atoms with Gasteiger partial charge in [-0.25, -0.2) is 4.57 Å². The maximum Gasteiger partial charge on any atom is 0.414 e. The summed E-state index contributed by atoms with van der Waals surface area (Å²) in [6, 6.07) is 0. The van der Waals surface area contributed by atoms with Gasteiger partial charge in [0.15, 0.2) is 0 Å². The molecule has 0 aromatic carbocycles. The van der Waals surface area contributed by atoms with Crippen LogP contribution in [-0.4, -0.2) is 20.5 Å². The minimum absolute atomic E-state index is 1.19. The average Bonchev–Trinajstić information content (AvgIpc) is 1.89. The minimum Gasteiger partial charge on any atom is -0.300 e. The lowest BCUT2D eigenvalue weighted by Crippen LogP contribution is -2.02. The fourth-order valence-corrected chi connectivity index (χ4v) is 1.90. The fraction of sp³-hybridized carbons (Fsp3) is 1.00. The monoisotopic (exact) mass is 171 g/mol. The van der Waals surface area contributed by atoms with Crippen LogP contribution in [0.3, 0.4) is 0 Å². The van der Waals surface area contributed by atoms with Crippen molar-refractivity contribution in [1.82, 2.24) is 4.49 Å². The summed E-state index contributed by atoms with van der Waals surface area (Å²) in [5, 5.41) is 0. The smallest absolute Gasteiger partial charge is 0.300 e. The van der Waals surface area contributed by atoms with Crippen LogP contribution in [0.25, 0.3) is 0 Å². The highest BCUT2D eigenvalue weighted by molar-refractivity contribution is 8.01. The summed E-state index contributed by atoms with van der Waals surface area (Å²) in [7, 11) is -0.314. The van der Waals surface area contributed by atoms with Crippen LogP contribution < -0.4 is 4.49 Å². The average molecular weight is 171 g/mol. The Morgan fingerprint density at radius 1 is 1.44 bits per heavy atom. The van der Waals surface area contributed by atoms with E-state index >= 15 is 0 Å². The molecule has 0 aromatic heterocycles. The van der Waals surface area contributed by atoms with Crippen molar-refractivity contribution in [2.75, 3.05) is 20.5 Å². The van der Waals surface area contributed by atoms with Gasteiger partial charge in [0.2, 0.25) is 0 Å². The Kier molecular flexibility index (Phi) is 4.52. The standard InChI is InChI=1S/C3H10NO3PS/c1-6-8(5,7-2)4-9-3/h1-3H3,(H,4,5). The molecule has 0 atom stereocenters. The molecule has 0 aromatic rings. The van der Waals surface area contributed by atoms with E-state index in [-0.39, 0.29) is 0 Å². The number of hydrogen-bond acceptors (Lipinski definition) is 4. The molecule has 0 saturated heterocycles. The van der Waals surface area contributed by atoms with E-state index in [0.717, 1.165) is 0 Å².